The van der Waals surface area contributed by atoms with Crippen LogP contribution in [0.2, 0.25) is 0 Å². The molecular weight excluding hydrogens is 154 g/mol. The molecular formula is C9H9NO2. The summed E-state index contributed by atoms with van der Waals surface area (Å²) in [6.07, 6.45) is 0. The summed E-state index contributed by atoms with van der Waals surface area (Å²) < 4.78 is 5.11. The van der Waals surface area contributed by atoms with E-state index >= 15 is 0 Å². The van der Waals surface area contributed by atoms with Gasteiger partial charge in [0.15, 0.2) is 0 Å². The number of ether oxygens (including phenoxy) is 1. The Kier molecular flexibility index (Phi) is 1.70. The fourth-order valence-corrected chi connectivity index (χ4v) is 1.03. The van der Waals surface area contributed by atoms with E-state index in [1.807, 2.05) is 31.2 Å². The first-order valence-corrected chi connectivity index (χ1v) is 3.76. The molecule has 0 saturated heterocycles. The minimum Gasteiger partial charge on any atom is -0.435 e. The Morgan fingerprint density at radius 2 is 2.00 bits per heavy atom. The topological polar surface area (TPSA) is 30.8 Å². The molecule has 62 valence electrons. The van der Waals surface area contributed by atoms with Gasteiger partial charge in [0.05, 0.1) is 0 Å². The predicted octanol–water partition coefficient (Wildman–Crippen LogP) is 1.66. The van der Waals surface area contributed by atoms with Crippen LogP contribution < -0.4 is 0 Å². The predicted molar refractivity (Wildman–Crippen MR) is 44.8 cm³/mol. The van der Waals surface area contributed by atoms with Crippen molar-refractivity contribution in [2.75, 3.05) is 6.79 Å². The normalized spacial score (nSPS) is 14.9. The maximum absolute atomic E-state index is 5.11. The second kappa shape index (κ2) is 2.85. The van der Waals surface area contributed by atoms with Crippen molar-refractivity contribution in [2.45, 2.75) is 6.92 Å². The van der Waals surface area contributed by atoms with E-state index in [0.29, 0.717) is 5.90 Å². The molecule has 1 aliphatic rings. The number of benzene rings is 1. The van der Waals surface area contributed by atoms with E-state index in [0.717, 1.165) is 5.56 Å². The molecule has 0 fully saturated rings. The van der Waals surface area contributed by atoms with Gasteiger partial charge in [-0.2, -0.15) is 0 Å². The van der Waals surface area contributed by atoms with Crippen LogP contribution in [-0.2, 0) is 9.57 Å². The maximum atomic E-state index is 5.11. The van der Waals surface area contributed by atoms with Crippen LogP contribution in [0.4, 0.5) is 0 Å². The Labute approximate surface area is 70.6 Å². The zero-order chi connectivity index (χ0) is 8.39. The zero-order valence-electron chi connectivity index (χ0n) is 6.78. The van der Waals surface area contributed by atoms with Crippen LogP contribution in [-0.4, -0.2) is 12.7 Å². The van der Waals surface area contributed by atoms with Crippen molar-refractivity contribution >= 4 is 5.90 Å². The Morgan fingerprint density at radius 1 is 1.25 bits per heavy atom. The van der Waals surface area contributed by atoms with E-state index < -0.39 is 0 Å². The summed E-state index contributed by atoms with van der Waals surface area (Å²) in [5.74, 6) is 0.565. The van der Waals surface area contributed by atoms with Crippen molar-refractivity contribution in [1.82, 2.24) is 0 Å². The molecule has 0 bridgehead atoms. The highest BCUT2D eigenvalue weighted by Gasteiger charge is 2.10. The van der Waals surface area contributed by atoms with E-state index in [1.165, 1.54) is 5.56 Å². The molecule has 0 radical (unpaired) electrons. The SMILES string of the molecule is Cc1ccc(C2=NOCO2)cc1. The molecule has 3 heteroatoms. The summed E-state index contributed by atoms with van der Waals surface area (Å²) in [7, 11) is 0. The van der Waals surface area contributed by atoms with E-state index in [1.54, 1.807) is 0 Å². The van der Waals surface area contributed by atoms with Crippen LogP contribution in [0, 0.1) is 6.92 Å². The van der Waals surface area contributed by atoms with E-state index in [2.05, 4.69) is 5.16 Å². The van der Waals surface area contributed by atoms with E-state index in [9.17, 15) is 0 Å². The summed E-state index contributed by atoms with van der Waals surface area (Å²) in [5, 5.41) is 3.73. The molecule has 0 saturated carbocycles. The lowest BCUT2D eigenvalue weighted by Gasteiger charge is -1.98. The quantitative estimate of drug-likeness (QED) is 0.630. The van der Waals surface area contributed by atoms with E-state index in [-0.39, 0.29) is 6.79 Å². The van der Waals surface area contributed by atoms with Gasteiger partial charge in [0.1, 0.15) is 0 Å². The van der Waals surface area contributed by atoms with Gasteiger partial charge in [-0.05, 0) is 24.2 Å². The van der Waals surface area contributed by atoms with Crippen molar-refractivity contribution in [2.24, 2.45) is 5.16 Å². The first-order valence-electron chi connectivity index (χ1n) is 3.76. The molecule has 1 heterocycles. The van der Waals surface area contributed by atoms with Crippen LogP contribution in [0.5, 0.6) is 0 Å². The summed E-state index contributed by atoms with van der Waals surface area (Å²) in [5.41, 5.74) is 2.18. The molecule has 0 aliphatic carbocycles. The number of aryl methyl sites for hydroxylation is 1. The van der Waals surface area contributed by atoms with Gasteiger partial charge in [0, 0.05) is 5.56 Å². The Morgan fingerprint density at radius 3 is 2.58 bits per heavy atom. The first-order chi connectivity index (χ1) is 5.86. The molecule has 12 heavy (non-hydrogen) atoms. The van der Waals surface area contributed by atoms with Crippen molar-refractivity contribution in [3.63, 3.8) is 0 Å². The second-order valence-corrected chi connectivity index (χ2v) is 2.65. The molecule has 0 unspecified atom stereocenters. The van der Waals surface area contributed by atoms with Crippen LogP contribution >= 0.6 is 0 Å². The third-order valence-electron chi connectivity index (χ3n) is 1.69. The second-order valence-electron chi connectivity index (χ2n) is 2.65. The molecule has 0 amide bonds. The first kappa shape index (κ1) is 7.16. The van der Waals surface area contributed by atoms with Crippen LogP contribution in [0.15, 0.2) is 29.4 Å². The zero-order valence-corrected chi connectivity index (χ0v) is 6.78. The molecule has 1 aromatic rings. The number of nitrogens with zero attached hydrogens (tertiary/aromatic N) is 1. The van der Waals surface area contributed by atoms with Gasteiger partial charge in [0.2, 0.25) is 0 Å². The van der Waals surface area contributed by atoms with Crippen LogP contribution in [0.3, 0.4) is 0 Å². The summed E-state index contributed by atoms with van der Waals surface area (Å²) >= 11 is 0. The molecule has 1 aromatic carbocycles. The van der Waals surface area contributed by atoms with Gasteiger partial charge >= 0.3 is 0 Å². The fraction of sp³-hybridized carbons (Fsp3) is 0.222. The Balaban J connectivity index is 2.28. The summed E-state index contributed by atoms with van der Waals surface area (Å²) in [4.78, 5) is 4.71. The van der Waals surface area contributed by atoms with Crippen molar-refractivity contribution in [3.8, 4) is 0 Å². The average molecular weight is 163 g/mol. The van der Waals surface area contributed by atoms with Crippen molar-refractivity contribution in [3.05, 3.63) is 35.4 Å². The molecule has 0 aromatic heterocycles. The maximum Gasteiger partial charge on any atom is 0.260 e. The van der Waals surface area contributed by atoms with Gasteiger partial charge in [-0.15, -0.1) is 0 Å². The van der Waals surface area contributed by atoms with Crippen molar-refractivity contribution in [1.29, 1.82) is 0 Å². The molecule has 0 N–H and O–H groups in total. The minimum atomic E-state index is 0.225. The highest BCUT2D eigenvalue weighted by molar-refractivity contribution is 5.94. The number of hydrogen-bond donors (Lipinski definition) is 0. The lowest BCUT2D eigenvalue weighted by atomic mass is 10.1. The Hall–Kier alpha value is -1.51. The summed E-state index contributed by atoms with van der Waals surface area (Å²) in [6.45, 7) is 2.26. The average Bonchev–Trinajstić information content (AvgIpc) is 2.58. The summed E-state index contributed by atoms with van der Waals surface area (Å²) in [6, 6.07) is 7.95. The highest BCUT2D eigenvalue weighted by atomic mass is 16.8. The molecule has 1 aliphatic heterocycles. The number of rotatable bonds is 1. The van der Waals surface area contributed by atoms with Gasteiger partial charge in [-0.3, -0.25) is 0 Å². The van der Waals surface area contributed by atoms with Crippen LogP contribution in [0.25, 0.3) is 0 Å². The van der Waals surface area contributed by atoms with Crippen LogP contribution in [0.1, 0.15) is 11.1 Å². The fourth-order valence-electron chi connectivity index (χ4n) is 1.03. The van der Waals surface area contributed by atoms with Crippen molar-refractivity contribution < 1.29 is 9.57 Å². The largest absolute Gasteiger partial charge is 0.435 e. The van der Waals surface area contributed by atoms with Gasteiger partial charge in [-0.25, -0.2) is 0 Å². The lowest BCUT2D eigenvalue weighted by molar-refractivity contribution is 0.0583. The molecule has 2 rings (SSSR count). The number of hydrogen-bond acceptors (Lipinski definition) is 3. The third kappa shape index (κ3) is 1.25. The smallest absolute Gasteiger partial charge is 0.260 e. The van der Waals surface area contributed by atoms with Gasteiger partial charge < -0.3 is 9.57 Å². The standard InChI is InChI=1S/C9H9NO2/c1-7-2-4-8(5-3-7)9-10-12-6-11-9/h2-5H,6H2,1H3. The molecule has 0 atom stereocenters. The minimum absolute atomic E-state index is 0.225. The van der Waals surface area contributed by atoms with Gasteiger partial charge in [0.25, 0.3) is 12.7 Å². The molecule has 0 spiro atoms. The highest BCUT2D eigenvalue weighted by Crippen LogP contribution is 2.09. The van der Waals surface area contributed by atoms with E-state index in [4.69, 9.17) is 9.57 Å². The Bertz CT molecular complexity index is 303. The van der Waals surface area contributed by atoms with Gasteiger partial charge in [-0.1, -0.05) is 17.7 Å². The third-order valence-corrected chi connectivity index (χ3v) is 1.69. The number of oxime groups is 1. The monoisotopic (exact) mass is 163 g/mol. The lowest BCUT2D eigenvalue weighted by Crippen LogP contribution is -2.00. The molecule has 3 nitrogen and oxygen atoms in total.